The molecule has 1 aromatic carbocycles. The van der Waals surface area contributed by atoms with Crippen LogP contribution in [-0.2, 0) is 0 Å². The van der Waals surface area contributed by atoms with Crippen LogP contribution in [0.5, 0.6) is 0 Å². The van der Waals surface area contributed by atoms with E-state index in [0.29, 0.717) is 22.7 Å². The molecule has 32 heavy (non-hydrogen) atoms. The Balaban J connectivity index is 1.71. The lowest BCUT2D eigenvalue weighted by Gasteiger charge is -2.25. The maximum atomic E-state index is 15.0. The zero-order valence-corrected chi connectivity index (χ0v) is 17.5. The summed E-state index contributed by atoms with van der Waals surface area (Å²) in [6, 6.07) is 7.72. The molecule has 0 bridgehead atoms. The van der Waals surface area contributed by atoms with Crippen LogP contribution in [0.2, 0.25) is 0 Å². The Bertz CT molecular complexity index is 1400. The fraction of sp³-hybridized carbons (Fsp3) is 0.304. The summed E-state index contributed by atoms with van der Waals surface area (Å²) in [5, 5.41) is 8.15. The van der Waals surface area contributed by atoms with Gasteiger partial charge in [-0.15, -0.1) is 10.2 Å². The van der Waals surface area contributed by atoms with Crippen molar-refractivity contribution < 1.29 is 13.2 Å². The molecule has 5 rings (SSSR count). The number of anilines is 2. The SMILES string of the molecule is Cc1nnc2nc(N(CC(F)F)c3ccnc(C#CC4(C)CC4)c3)c3c(F)cccc3n12. The molecule has 3 heterocycles. The van der Waals surface area contributed by atoms with Crippen molar-refractivity contribution in [2.75, 3.05) is 11.4 Å². The van der Waals surface area contributed by atoms with Crippen molar-refractivity contribution in [2.45, 2.75) is 33.1 Å². The van der Waals surface area contributed by atoms with Crippen LogP contribution < -0.4 is 4.90 Å². The molecule has 1 fully saturated rings. The summed E-state index contributed by atoms with van der Waals surface area (Å²) in [6.07, 6.45) is 0.877. The van der Waals surface area contributed by atoms with Gasteiger partial charge in [0.25, 0.3) is 12.2 Å². The van der Waals surface area contributed by atoms with Gasteiger partial charge in [-0.3, -0.25) is 4.40 Å². The molecule has 1 aliphatic rings. The Labute approximate surface area is 182 Å². The highest BCUT2D eigenvalue weighted by molar-refractivity contribution is 5.94. The molecule has 162 valence electrons. The fourth-order valence-corrected chi connectivity index (χ4v) is 3.61. The molecule has 1 saturated carbocycles. The van der Waals surface area contributed by atoms with Gasteiger partial charge in [0.05, 0.1) is 17.4 Å². The number of benzene rings is 1. The second-order valence-electron chi connectivity index (χ2n) is 8.16. The minimum absolute atomic E-state index is 0.00218. The standard InChI is InChI=1S/C23H19F3N6/c1-14-29-30-22-28-21(20-17(24)4-3-5-18(20)32(14)22)31(13-19(25)26)16-7-11-27-15(12-16)6-8-23(2)9-10-23/h3-5,7,11-12,19H,9-10,13H2,1-2H3. The highest BCUT2D eigenvalue weighted by Crippen LogP contribution is 2.44. The summed E-state index contributed by atoms with van der Waals surface area (Å²) in [6.45, 7) is 3.10. The molecule has 0 spiro atoms. The van der Waals surface area contributed by atoms with Crippen LogP contribution in [-0.4, -0.2) is 37.5 Å². The predicted octanol–water partition coefficient (Wildman–Crippen LogP) is 4.67. The van der Waals surface area contributed by atoms with E-state index >= 15 is 4.39 Å². The van der Waals surface area contributed by atoms with Crippen molar-refractivity contribution in [3.63, 3.8) is 0 Å². The van der Waals surface area contributed by atoms with Gasteiger partial charge in [-0.05, 0) is 56.9 Å². The molecule has 0 N–H and O–H groups in total. The van der Waals surface area contributed by atoms with E-state index in [4.69, 9.17) is 0 Å². The number of pyridine rings is 1. The molecule has 0 atom stereocenters. The molecule has 0 radical (unpaired) electrons. The van der Waals surface area contributed by atoms with E-state index in [-0.39, 0.29) is 22.4 Å². The highest BCUT2D eigenvalue weighted by Gasteiger charge is 2.35. The molecular formula is C23H19F3N6. The summed E-state index contributed by atoms with van der Waals surface area (Å²) in [5.41, 5.74) is 1.29. The van der Waals surface area contributed by atoms with Crippen molar-refractivity contribution >= 4 is 28.2 Å². The van der Waals surface area contributed by atoms with E-state index in [1.54, 1.807) is 35.6 Å². The third-order valence-electron chi connectivity index (χ3n) is 5.59. The predicted molar refractivity (Wildman–Crippen MR) is 114 cm³/mol. The van der Waals surface area contributed by atoms with Crippen LogP contribution in [0.15, 0.2) is 36.5 Å². The van der Waals surface area contributed by atoms with Gasteiger partial charge in [-0.25, -0.2) is 18.2 Å². The van der Waals surface area contributed by atoms with Crippen molar-refractivity contribution in [2.24, 2.45) is 5.41 Å². The molecule has 0 saturated heterocycles. The van der Waals surface area contributed by atoms with Crippen molar-refractivity contribution in [1.29, 1.82) is 0 Å². The second kappa shape index (κ2) is 7.48. The monoisotopic (exact) mass is 436 g/mol. The zero-order valence-electron chi connectivity index (χ0n) is 17.5. The van der Waals surface area contributed by atoms with Gasteiger partial charge in [0.2, 0.25) is 0 Å². The van der Waals surface area contributed by atoms with Crippen molar-refractivity contribution in [3.8, 4) is 11.8 Å². The smallest absolute Gasteiger partial charge is 0.257 e. The number of alkyl halides is 2. The number of aryl methyl sites for hydroxylation is 1. The van der Waals surface area contributed by atoms with Crippen LogP contribution in [0.1, 0.15) is 31.3 Å². The molecule has 1 aliphatic carbocycles. The Morgan fingerprint density at radius 3 is 2.78 bits per heavy atom. The van der Waals surface area contributed by atoms with Gasteiger partial charge in [-0.1, -0.05) is 12.0 Å². The van der Waals surface area contributed by atoms with Gasteiger partial charge in [0.15, 0.2) is 0 Å². The minimum Gasteiger partial charge on any atom is -0.320 e. The van der Waals surface area contributed by atoms with Crippen LogP contribution in [0, 0.1) is 30.0 Å². The number of aromatic nitrogens is 5. The summed E-state index contributed by atoms with van der Waals surface area (Å²) >= 11 is 0. The quantitative estimate of drug-likeness (QED) is 0.435. The molecule has 0 amide bonds. The van der Waals surface area contributed by atoms with Gasteiger partial charge in [0.1, 0.15) is 23.2 Å². The number of nitrogens with zero attached hydrogens (tertiary/aromatic N) is 6. The second-order valence-corrected chi connectivity index (χ2v) is 8.16. The number of hydrogen-bond acceptors (Lipinski definition) is 5. The molecular weight excluding hydrogens is 417 g/mol. The summed E-state index contributed by atoms with van der Waals surface area (Å²) < 4.78 is 43.9. The van der Waals surface area contributed by atoms with E-state index in [9.17, 15) is 8.78 Å². The number of fused-ring (bicyclic) bond motifs is 3. The number of halogens is 3. The van der Waals surface area contributed by atoms with E-state index in [1.807, 2.05) is 0 Å². The van der Waals surface area contributed by atoms with E-state index < -0.39 is 18.8 Å². The first kappa shape index (κ1) is 20.2. The summed E-state index contributed by atoms with van der Waals surface area (Å²) in [4.78, 5) is 9.96. The Morgan fingerprint density at radius 2 is 2.03 bits per heavy atom. The molecule has 0 aliphatic heterocycles. The highest BCUT2D eigenvalue weighted by atomic mass is 19.3. The van der Waals surface area contributed by atoms with E-state index in [0.717, 1.165) is 12.8 Å². The van der Waals surface area contributed by atoms with Gasteiger partial charge < -0.3 is 4.90 Å². The average Bonchev–Trinajstić information content (AvgIpc) is 3.39. The lowest BCUT2D eigenvalue weighted by Crippen LogP contribution is -2.26. The van der Waals surface area contributed by atoms with Crippen LogP contribution >= 0.6 is 0 Å². The fourth-order valence-electron chi connectivity index (χ4n) is 3.61. The first-order chi connectivity index (χ1) is 15.3. The lowest BCUT2D eigenvalue weighted by molar-refractivity contribution is 0.158. The first-order valence-corrected chi connectivity index (χ1v) is 10.2. The lowest BCUT2D eigenvalue weighted by atomic mass is 10.1. The first-order valence-electron chi connectivity index (χ1n) is 10.2. The number of hydrogen-bond donors (Lipinski definition) is 0. The van der Waals surface area contributed by atoms with Crippen LogP contribution in [0.3, 0.4) is 0 Å². The minimum atomic E-state index is -2.69. The third kappa shape index (κ3) is 3.62. The molecule has 4 aromatic rings. The Kier molecular flexibility index (Phi) is 4.73. The largest absolute Gasteiger partial charge is 0.320 e. The van der Waals surface area contributed by atoms with E-state index in [2.05, 4.69) is 38.9 Å². The maximum Gasteiger partial charge on any atom is 0.257 e. The van der Waals surface area contributed by atoms with Crippen LogP contribution in [0.4, 0.5) is 24.7 Å². The van der Waals surface area contributed by atoms with Crippen molar-refractivity contribution in [3.05, 3.63) is 53.9 Å². The van der Waals surface area contributed by atoms with Gasteiger partial charge >= 0.3 is 0 Å². The Morgan fingerprint density at radius 1 is 1.22 bits per heavy atom. The Hall–Kier alpha value is -3.67. The van der Waals surface area contributed by atoms with Crippen LogP contribution in [0.25, 0.3) is 16.7 Å². The molecule has 9 heteroatoms. The molecule has 3 aromatic heterocycles. The van der Waals surface area contributed by atoms with Gasteiger partial charge in [-0.2, -0.15) is 4.98 Å². The zero-order chi connectivity index (χ0) is 22.5. The molecule has 6 nitrogen and oxygen atoms in total. The topological polar surface area (TPSA) is 59.2 Å². The van der Waals surface area contributed by atoms with Crippen molar-refractivity contribution in [1.82, 2.24) is 24.6 Å². The van der Waals surface area contributed by atoms with Gasteiger partial charge in [0, 0.05) is 17.3 Å². The summed E-state index contributed by atoms with van der Waals surface area (Å²) in [5.74, 6) is 6.40. The summed E-state index contributed by atoms with van der Waals surface area (Å²) in [7, 11) is 0. The third-order valence-corrected chi connectivity index (χ3v) is 5.59. The maximum absolute atomic E-state index is 15.0. The van der Waals surface area contributed by atoms with E-state index in [1.165, 1.54) is 17.2 Å². The normalized spacial score (nSPS) is 14.6. The molecule has 0 unspecified atom stereocenters. The number of rotatable bonds is 4. The average molecular weight is 436 g/mol.